The molecule has 2 rings (SSSR count). The van der Waals surface area contributed by atoms with Crippen LogP contribution < -0.4 is 4.90 Å². The zero-order valence-electron chi connectivity index (χ0n) is 10.6. The van der Waals surface area contributed by atoms with Crippen LogP contribution in [-0.4, -0.2) is 28.0 Å². The second-order valence-electron chi connectivity index (χ2n) is 4.01. The van der Waals surface area contributed by atoms with Crippen molar-refractivity contribution in [3.63, 3.8) is 0 Å². The van der Waals surface area contributed by atoms with Crippen LogP contribution in [0, 0.1) is 10.1 Å². The van der Waals surface area contributed by atoms with E-state index in [9.17, 15) is 20.0 Å². The first-order chi connectivity index (χ1) is 9.52. The summed E-state index contributed by atoms with van der Waals surface area (Å²) in [4.78, 5) is 27.4. The van der Waals surface area contributed by atoms with Gasteiger partial charge in [-0.25, -0.2) is 0 Å². The number of carbonyl (C=O) groups excluding carboxylic acids is 1. The molecule has 0 saturated carbocycles. The summed E-state index contributed by atoms with van der Waals surface area (Å²) in [5.74, 6) is -1.20. The number of anilines is 1. The Balaban J connectivity index is 2.40. The maximum Gasteiger partial charge on any atom is 0.311 e. The van der Waals surface area contributed by atoms with Crippen molar-refractivity contribution in [1.82, 2.24) is 4.98 Å². The van der Waals surface area contributed by atoms with Crippen LogP contribution in [0.5, 0.6) is 5.75 Å². The Bertz CT molecular complexity index is 658. The Labute approximate surface area is 114 Å². The first-order valence-electron chi connectivity index (χ1n) is 5.67. The molecule has 1 heterocycles. The van der Waals surface area contributed by atoms with Gasteiger partial charge in [0.1, 0.15) is 0 Å². The molecule has 0 saturated heterocycles. The van der Waals surface area contributed by atoms with Gasteiger partial charge in [-0.3, -0.25) is 19.9 Å². The number of phenols is 1. The third kappa shape index (κ3) is 2.41. The molecule has 7 heteroatoms. The lowest BCUT2D eigenvalue weighted by Crippen LogP contribution is -2.26. The summed E-state index contributed by atoms with van der Waals surface area (Å²) in [5.41, 5.74) is -0.121. The van der Waals surface area contributed by atoms with Crippen molar-refractivity contribution in [1.29, 1.82) is 0 Å². The molecule has 0 aliphatic carbocycles. The topological polar surface area (TPSA) is 96.6 Å². The van der Waals surface area contributed by atoms with Crippen molar-refractivity contribution in [3.05, 3.63) is 58.4 Å². The van der Waals surface area contributed by atoms with Crippen molar-refractivity contribution in [2.75, 3.05) is 11.9 Å². The minimum Gasteiger partial charge on any atom is -0.502 e. The highest BCUT2D eigenvalue weighted by Gasteiger charge is 2.23. The smallest absolute Gasteiger partial charge is 0.311 e. The van der Waals surface area contributed by atoms with Crippen molar-refractivity contribution in [2.24, 2.45) is 0 Å². The monoisotopic (exact) mass is 273 g/mol. The number of para-hydroxylation sites is 1. The molecule has 0 aliphatic rings. The molecule has 0 unspecified atom stereocenters. The predicted octanol–water partition coefficient (Wildman–Crippen LogP) is 1.97. The number of rotatable bonds is 3. The Morgan fingerprint density at radius 1 is 1.35 bits per heavy atom. The average Bonchev–Trinajstić information content (AvgIpc) is 2.46. The summed E-state index contributed by atoms with van der Waals surface area (Å²) in [6.07, 6.45) is 3.04. The SMILES string of the molecule is CN(C(=O)c1cccc([N+](=O)[O-])c1O)c1cccnc1. The molecule has 0 aliphatic heterocycles. The number of nitro groups is 1. The highest BCUT2D eigenvalue weighted by Crippen LogP contribution is 2.30. The quantitative estimate of drug-likeness (QED) is 0.681. The van der Waals surface area contributed by atoms with Crippen molar-refractivity contribution >= 4 is 17.3 Å². The second kappa shape index (κ2) is 5.35. The summed E-state index contributed by atoms with van der Waals surface area (Å²) in [6, 6.07) is 7.14. The number of aromatic hydroxyl groups is 1. The number of nitro benzene ring substituents is 1. The van der Waals surface area contributed by atoms with Crippen molar-refractivity contribution in [2.45, 2.75) is 0 Å². The van der Waals surface area contributed by atoms with Crippen molar-refractivity contribution < 1.29 is 14.8 Å². The molecular weight excluding hydrogens is 262 g/mol. The lowest BCUT2D eigenvalue weighted by Gasteiger charge is -2.17. The van der Waals surface area contributed by atoms with Crippen LogP contribution in [0.3, 0.4) is 0 Å². The maximum atomic E-state index is 12.3. The van der Waals surface area contributed by atoms with Gasteiger partial charge in [0.2, 0.25) is 5.75 Å². The van der Waals surface area contributed by atoms with Crippen LogP contribution in [0.25, 0.3) is 0 Å². The van der Waals surface area contributed by atoms with Gasteiger partial charge >= 0.3 is 5.69 Å². The lowest BCUT2D eigenvalue weighted by molar-refractivity contribution is -0.385. The minimum atomic E-state index is -0.740. The molecule has 2 aromatic rings. The van der Waals surface area contributed by atoms with E-state index in [1.165, 1.54) is 30.3 Å². The molecule has 0 atom stereocenters. The van der Waals surface area contributed by atoms with E-state index in [4.69, 9.17) is 0 Å². The molecule has 1 amide bonds. The highest BCUT2D eigenvalue weighted by molar-refractivity contribution is 6.08. The van der Waals surface area contributed by atoms with Crippen LogP contribution in [0.4, 0.5) is 11.4 Å². The number of nitrogens with zero attached hydrogens (tertiary/aromatic N) is 3. The van der Waals surface area contributed by atoms with Crippen LogP contribution in [0.2, 0.25) is 0 Å². The summed E-state index contributed by atoms with van der Waals surface area (Å²) < 4.78 is 0. The molecule has 20 heavy (non-hydrogen) atoms. The Morgan fingerprint density at radius 3 is 2.70 bits per heavy atom. The van der Waals surface area contributed by atoms with E-state index in [1.54, 1.807) is 18.3 Å². The fraction of sp³-hybridized carbons (Fsp3) is 0.0769. The Hall–Kier alpha value is -2.96. The van der Waals surface area contributed by atoms with E-state index in [-0.39, 0.29) is 5.56 Å². The summed E-state index contributed by atoms with van der Waals surface area (Å²) in [7, 11) is 1.50. The molecule has 7 nitrogen and oxygen atoms in total. The fourth-order valence-electron chi connectivity index (χ4n) is 1.70. The lowest BCUT2D eigenvalue weighted by atomic mass is 10.1. The first-order valence-corrected chi connectivity index (χ1v) is 5.67. The van der Waals surface area contributed by atoms with E-state index < -0.39 is 22.3 Å². The molecule has 0 radical (unpaired) electrons. The van der Waals surface area contributed by atoms with E-state index in [2.05, 4.69) is 4.98 Å². The van der Waals surface area contributed by atoms with Gasteiger partial charge in [0.25, 0.3) is 5.91 Å². The zero-order valence-corrected chi connectivity index (χ0v) is 10.6. The summed E-state index contributed by atoms with van der Waals surface area (Å²) >= 11 is 0. The molecule has 102 valence electrons. The first kappa shape index (κ1) is 13.5. The number of hydrogen-bond donors (Lipinski definition) is 1. The Kier molecular flexibility index (Phi) is 3.60. The normalized spacial score (nSPS) is 10.1. The zero-order chi connectivity index (χ0) is 14.7. The number of carbonyl (C=O) groups is 1. The minimum absolute atomic E-state index is 0.134. The van der Waals surface area contributed by atoms with Gasteiger partial charge < -0.3 is 10.0 Å². The molecule has 1 N–H and O–H groups in total. The molecule has 0 fully saturated rings. The number of pyridine rings is 1. The standard InChI is InChI=1S/C13H11N3O4/c1-15(9-4-3-7-14-8-9)13(18)10-5-2-6-11(12(10)17)16(19)20/h2-8,17H,1H3. The molecule has 1 aromatic heterocycles. The number of benzene rings is 1. The van der Waals surface area contributed by atoms with Gasteiger partial charge in [0.15, 0.2) is 0 Å². The van der Waals surface area contributed by atoms with Crippen LogP contribution in [-0.2, 0) is 0 Å². The van der Waals surface area contributed by atoms with Gasteiger partial charge in [0.05, 0.1) is 22.4 Å². The summed E-state index contributed by atoms with van der Waals surface area (Å²) in [5, 5.41) is 20.6. The fourth-order valence-corrected chi connectivity index (χ4v) is 1.70. The van der Waals surface area contributed by atoms with Gasteiger partial charge in [0, 0.05) is 19.3 Å². The average molecular weight is 273 g/mol. The predicted molar refractivity (Wildman–Crippen MR) is 71.7 cm³/mol. The van der Waals surface area contributed by atoms with E-state index in [1.807, 2.05) is 0 Å². The third-order valence-corrected chi connectivity index (χ3v) is 2.78. The molecule has 0 bridgehead atoms. The van der Waals surface area contributed by atoms with Gasteiger partial charge in [-0.1, -0.05) is 6.07 Å². The Morgan fingerprint density at radius 2 is 2.10 bits per heavy atom. The van der Waals surface area contributed by atoms with E-state index in [0.29, 0.717) is 5.69 Å². The number of amides is 1. The molecule has 0 spiro atoms. The highest BCUT2D eigenvalue weighted by atomic mass is 16.6. The van der Waals surface area contributed by atoms with Crippen molar-refractivity contribution in [3.8, 4) is 5.75 Å². The van der Waals surface area contributed by atoms with E-state index >= 15 is 0 Å². The second-order valence-corrected chi connectivity index (χ2v) is 4.01. The van der Waals surface area contributed by atoms with Crippen LogP contribution in [0.1, 0.15) is 10.4 Å². The van der Waals surface area contributed by atoms with Gasteiger partial charge in [-0.05, 0) is 18.2 Å². The molecule has 1 aromatic carbocycles. The van der Waals surface area contributed by atoms with Crippen LogP contribution >= 0.6 is 0 Å². The van der Waals surface area contributed by atoms with E-state index in [0.717, 1.165) is 6.07 Å². The third-order valence-electron chi connectivity index (χ3n) is 2.78. The maximum absolute atomic E-state index is 12.3. The number of aromatic nitrogens is 1. The van der Waals surface area contributed by atoms with Crippen LogP contribution in [0.15, 0.2) is 42.7 Å². The number of hydrogen-bond acceptors (Lipinski definition) is 5. The summed E-state index contributed by atoms with van der Waals surface area (Å²) in [6.45, 7) is 0. The number of phenolic OH excluding ortho intramolecular Hbond substituents is 1. The largest absolute Gasteiger partial charge is 0.502 e. The molecular formula is C13H11N3O4. The van der Waals surface area contributed by atoms with Gasteiger partial charge in [-0.15, -0.1) is 0 Å². The van der Waals surface area contributed by atoms with Gasteiger partial charge in [-0.2, -0.15) is 0 Å².